The molecule has 1 rings (SSSR count). The van der Waals surface area contributed by atoms with Gasteiger partial charge in [0.1, 0.15) is 11.6 Å². The fourth-order valence-electron chi connectivity index (χ4n) is 2.01. The zero-order valence-electron chi connectivity index (χ0n) is 13.5. The second-order valence-electron chi connectivity index (χ2n) is 6.17. The van der Waals surface area contributed by atoms with Gasteiger partial charge in [-0.05, 0) is 40.2 Å². The third-order valence-electron chi connectivity index (χ3n) is 3.18. The molecule has 1 aromatic heterocycles. The molecule has 0 spiro atoms. The Morgan fingerprint density at radius 2 is 2.00 bits per heavy atom. The fraction of sp³-hybridized carbons (Fsp3) is 0.688. The van der Waals surface area contributed by atoms with E-state index in [1.165, 1.54) is 6.20 Å². The Bertz CT molecular complexity index is 413. The highest BCUT2D eigenvalue weighted by Crippen LogP contribution is 2.20. The summed E-state index contributed by atoms with van der Waals surface area (Å²) < 4.78 is 13.5. The van der Waals surface area contributed by atoms with Crippen molar-refractivity contribution in [1.82, 2.24) is 10.3 Å². The summed E-state index contributed by atoms with van der Waals surface area (Å²) in [7, 11) is 0. The van der Waals surface area contributed by atoms with Gasteiger partial charge in [0.25, 0.3) is 0 Å². The number of aromatic nitrogens is 1. The Labute approximate surface area is 122 Å². The van der Waals surface area contributed by atoms with E-state index < -0.39 is 0 Å². The van der Waals surface area contributed by atoms with Crippen LogP contribution in [0, 0.1) is 5.82 Å². The lowest BCUT2D eigenvalue weighted by molar-refractivity contribution is 0.423. The Hall–Kier alpha value is -1.16. The number of anilines is 1. The van der Waals surface area contributed by atoms with Gasteiger partial charge in [-0.3, -0.25) is 0 Å². The highest BCUT2D eigenvalue weighted by Gasteiger charge is 2.15. The van der Waals surface area contributed by atoms with Crippen LogP contribution in [-0.2, 0) is 6.54 Å². The van der Waals surface area contributed by atoms with Gasteiger partial charge < -0.3 is 10.2 Å². The van der Waals surface area contributed by atoms with Gasteiger partial charge in [-0.1, -0.05) is 13.3 Å². The number of pyridine rings is 1. The van der Waals surface area contributed by atoms with E-state index in [9.17, 15) is 4.39 Å². The molecule has 0 saturated heterocycles. The topological polar surface area (TPSA) is 28.2 Å². The summed E-state index contributed by atoms with van der Waals surface area (Å²) in [4.78, 5) is 6.54. The lowest BCUT2D eigenvalue weighted by Gasteiger charge is -2.26. The van der Waals surface area contributed by atoms with Crippen LogP contribution in [0.4, 0.5) is 10.2 Å². The number of nitrogens with zero attached hydrogens (tertiary/aromatic N) is 2. The normalized spacial score (nSPS) is 11.7. The average molecular weight is 281 g/mol. The van der Waals surface area contributed by atoms with E-state index in [2.05, 4.69) is 49.8 Å². The van der Waals surface area contributed by atoms with Crippen molar-refractivity contribution in [3.63, 3.8) is 0 Å². The SMILES string of the molecule is CCCCN(CC)c1ncc(F)cc1CNC(C)(C)C. The maximum atomic E-state index is 13.5. The molecular weight excluding hydrogens is 253 g/mol. The van der Waals surface area contributed by atoms with Crippen molar-refractivity contribution >= 4 is 5.82 Å². The summed E-state index contributed by atoms with van der Waals surface area (Å²) in [5.41, 5.74) is 0.933. The highest BCUT2D eigenvalue weighted by atomic mass is 19.1. The molecule has 0 fully saturated rings. The first-order valence-electron chi connectivity index (χ1n) is 7.51. The standard InChI is InChI=1S/C16H28FN3/c1-6-8-9-20(7-2)15-13(10-14(17)12-18-15)11-19-16(3,4)5/h10,12,19H,6-9,11H2,1-5H3. The zero-order chi connectivity index (χ0) is 15.2. The quantitative estimate of drug-likeness (QED) is 0.825. The number of hydrogen-bond acceptors (Lipinski definition) is 3. The zero-order valence-corrected chi connectivity index (χ0v) is 13.5. The lowest BCUT2D eigenvalue weighted by Crippen LogP contribution is -2.36. The number of unbranched alkanes of at least 4 members (excludes halogenated alkanes) is 1. The Morgan fingerprint density at radius 3 is 2.55 bits per heavy atom. The molecule has 0 aliphatic carbocycles. The molecule has 0 unspecified atom stereocenters. The maximum absolute atomic E-state index is 13.5. The largest absolute Gasteiger partial charge is 0.357 e. The molecule has 4 heteroatoms. The van der Waals surface area contributed by atoms with Crippen LogP contribution in [0.1, 0.15) is 53.0 Å². The van der Waals surface area contributed by atoms with Gasteiger partial charge >= 0.3 is 0 Å². The molecule has 0 atom stereocenters. The first kappa shape index (κ1) is 16.9. The van der Waals surface area contributed by atoms with Crippen LogP contribution >= 0.6 is 0 Å². The molecule has 0 aliphatic rings. The minimum absolute atomic E-state index is 0.00402. The number of nitrogens with one attached hydrogen (secondary N) is 1. The Morgan fingerprint density at radius 1 is 1.30 bits per heavy atom. The van der Waals surface area contributed by atoms with E-state index in [0.29, 0.717) is 6.54 Å². The second kappa shape index (κ2) is 7.58. The van der Waals surface area contributed by atoms with Crippen molar-refractivity contribution in [3.8, 4) is 0 Å². The van der Waals surface area contributed by atoms with E-state index in [1.54, 1.807) is 6.07 Å². The molecule has 1 heterocycles. The third-order valence-corrected chi connectivity index (χ3v) is 3.18. The summed E-state index contributed by atoms with van der Waals surface area (Å²) in [5.74, 6) is 0.630. The predicted molar refractivity (Wildman–Crippen MR) is 83.6 cm³/mol. The van der Waals surface area contributed by atoms with E-state index in [1.807, 2.05) is 0 Å². The minimum atomic E-state index is -0.272. The van der Waals surface area contributed by atoms with Crippen molar-refractivity contribution in [2.75, 3.05) is 18.0 Å². The lowest BCUT2D eigenvalue weighted by atomic mass is 10.1. The molecule has 0 bridgehead atoms. The van der Waals surface area contributed by atoms with Gasteiger partial charge in [0.15, 0.2) is 0 Å². The smallest absolute Gasteiger partial charge is 0.141 e. The van der Waals surface area contributed by atoms with Gasteiger partial charge in [-0.25, -0.2) is 9.37 Å². The summed E-state index contributed by atoms with van der Waals surface area (Å²) >= 11 is 0. The van der Waals surface area contributed by atoms with Gasteiger partial charge in [0.05, 0.1) is 6.20 Å². The third kappa shape index (κ3) is 5.45. The molecule has 1 aromatic rings. The minimum Gasteiger partial charge on any atom is -0.357 e. The van der Waals surface area contributed by atoms with Crippen molar-refractivity contribution in [3.05, 3.63) is 23.6 Å². The number of hydrogen-bond donors (Lipinski definition) is 1. The Balaban J connectivity index is 2.93. The van der Waals surface area contributed by atoms with Crippen molar-refractivity contribution in [1.29, 1.82) is 0 Å². The van der Waals surface area contributed by atoms with Crippen LogP contribution in [0.2, 0.25) is 0 Å². The van der Waals surface area contributed by atoms with Gasteiger partial charge in [-0.15, -0.1) is 0 Å². The van der Waals surface area contributed by atoms with Crippen LogP contribution < -0.4 is 10.2 Å². The summed E-state index contributed by atoms with van der Waals surface area (Å²) in [6.07, 6.45) is 3.58. The molecule has 0 aliphatic heterocycles. The maximum Gasteiger partial charge on any atom is 0.141 e. The van der Waals surface area contributed by atoms with Crippen LogP contribution in [0.5, 0.6) is 0 Å². The van der Waals surface area contributed by atoms with Crippen molar-refractivity contribution in [2.45, 2.75) is 59.5 Å². The summed E-state index contributed by atoms with van der Waals surface area (Å²) in [6.45, 7) is 13.1. The molecule has 0 amide bonds. The van der Waals surface area contributed by atoms with Crippen LogP contribution in [0.25, 0.3) is 0 Å². The molecule has 1 N–H and O–H groups in total. The summed E-state index contributed by atoms with van der Waals surface area (Å²) in [5, 5.41) is 3.41. The monoisotopic (exact) mass is 281 g/mol. The second-order valence-corrected chi connectivity index (χ2v) is 6.17. The first-order valence-corrected chi connectivity index (χ1v) is 7.51. The van der Waals surface area contributed by atoms with Gasteiger partial charge in [-0.2, -0.15) is 0 Å². The molecule has 20 heavy (non-hydrogen) atoms. The molecule has 0 radical (unpaired) electrons. The van der Waals surface area contributed by atoms with Crippen LogP contribution in [0.3, 0.4) is 0 Å². The molecule has 114 valence electrons. The number of rotatable bonds is 7. The first-order chi connectivity index (χ1) is 9.37. The average Bonchev–Trinajstić information content (AvgIpc) is 2.38. The van der Waals surface area contributed by atoms with Gasteiger partial charge in [0, 0.05) is 30.7 Å². The predicted octanol–water partition coefficient (Wildman–Crippen LogP) is 3.74. The van der Waals surface area contributed by atoms with E-state index in [-0.39, 0.29) is 11.4 Å². The fourth-order valence-corrected chi connectivity index (χ4v) is 2.01. The van der Waals surface area contributed by atoms with Crippen molar-refractivity contribution < 1.29 is 4.39 Å². The van der Waals surface area contributed by atoms with E-state index >= 15 is 0 Å². The van der Waals surface area contributed by atoms with E-state index in [0.717, 1.165) is 37.3 Å². The molecule has 0 aromatic carbocycles. The highest BCUT2D eigenvalue weighted by molar-refractivity contribution is 5.46. The molecular formula is C16H28FN3. The summed E-state index contributed by atoms with van der Waals surface area (Å²) in [6, 6.07) is 1.59. The van der Waals surface area contributed by atoms with Gasteiger partial charge in [0.2, 0.25) is 0 Å². The molecule has 0 saturated carbocycles. The molecule has 3 nitrogen and oxygen atoms in total. The van der Waals surface area contributed by atoms with Crippen LogP contribution in [-0.4, -0.2) is 23.6 Å². The number of halogens is 1. The van der Waals surface area contributed by atoms with Crippen LogP contribution in [0.15, 0.2) is 12.3 Å². The van der Waals surface area contributed by atoms with Crippen molar-refractivity contribution in [2.24, 2.45) is 0 Å². The Kier molecular flexibility index (Phi) is 6.40. The van der Waals surface area contributed by atoms with E-state index in [4.69, 9.17) is 0 Å².